The van der Waals surface area contributed by atoms with Crippen LogP contribution < -0.4 is 5.73 Å². The van der Waals surface area contributed by atoms with Crippen molar-refractivity contribution in [3.05, 3.63) is 23.6 Å². The van der Waals surface area contributed by atoms with E-state index in [0.717, 1.165) is 34.7 Å². The maximum atomic E-state index is 5.82. The monoisotopic (exact) mass is 202 g/mol. The van der Waals surface area contributed by atoms with E-state index in [4.69, 9.17) is 10.2 Å². The first-order valence-electron chi connectivity index (χ1n) is 5.46. The molecule has 3 nitrogen and oxygen atoms in total. The van der Waals surface area contributed by atoms with Crippen LogP contribution in [0.5, 0.6) is 0 Å². The maximum absolute atomic E-state index is 5.82. The van der Waals surface area contributed by atoms with E-state index in [2.05, 4.69) is 11.9 Å². The van der Waals surface area contributed by atoms with Crippen LogP contribution in [0.4, 0.5) is 5.69 Å². The standard InChI is InChI=1S/C12H14N2O/c1-2-7-5-9(13)6-10-11(7)15-12(14-10)8-3-4-8/h5-6,8H,2-4,13H2,1H3. The number of nitrogens with zero attached hydrogens (tertiary/aromatic N) is 1. The number of benzene rings is 1. The molecule has 1 aromatic carbocycles. The lowest BCUT2D eigenvalue weighted by Crippen LogP contribution is -1.88. The number of hydrogen-bond acceptors (Lipinski definition) is 3. The Morgan fingerprint density at radius 1 is 1.47 bits per heavy atom. The van der Waals surface area contributed by atoms with Crippen LogP contribution in [0.2, 0.25) is 0 Å². The summed E-state index contributed by atoms with van der Waals surface area (Å²) in [7, 11) is 0. The number of fused-ring (bicyclic) bond motifs is 1. The van der Waals surface area contributed by atoms with Crippen molar-refractivity contribution in [1.29, 1.82) is 0 Å². The third kappa shape index (κ3) is 1.39. The minimum absolute atomic E-state index is 0.559. The number of aryl methyl sites for hydroxylation is 1. The summed E-state index contributed by atoms with van der Waals surface area (Å²) in [6.45, 7) is 2.10. The molecule has 0 atom stereocenters. The lowest BCUT2D eigenvalue weighted by atomic mass is 10.1. The van der Waals surface area contributed by atoms with Gasteiger partial charge in [0.2, 0.25) is 0 Å². The number of nitrogen functional groups attached to an aromatic ring is 1. The highest BCUT2D eigenvalue weighted by Crippen LogP contribution is 2.41. The van der Waals surface area contributed by atoms with Crippen LogP contribution in [-0.2, 0) is 6.42 Å². The molecule has 0 amide bonds. The summed E-state index contributed by atoms with van der Waals surface area (Å²) < 4.78 is 5.80. The second-order valence-electron chi connectivity index (χ2n) is 4.21. The Hall–Kier alpha value is -1.51. The van der Waals surface area contributed by atoms with Crippen molar-refractivity contribution in [2.45, 2.75) is 32.1 Å². The summed E-state index contributed by atoms with van der Waals surface area (Å²) in [4.78, 5) is 4.50. The minimum atomic E-state index is 0.559. The van der Waals surface area contributed by atoms with E-state index in [0.29, 0.717) is 5.92 Å². The van der Waals surface area contributed by atoms with E-state index in [1.54, 1.807) is 0 Å². The van der Waals surface area contributed by atoms with Crippen LogP contribution >= 0.6 is 0 Å². The largest absolute Gasteiger partial charge is 0.440 e. The lowest BCUT2D eigenvalue weighted by molar-refractivity contribution is 0.530. The summed E-state index contributed by atoms with van der Waals surface area (Å²) >= 11 is 0. The SMILES string of the molecule is CCc1cc(N)cc2nc(C3CC3)oc12. The average Bonchev–Trinajstić information content (AvgIpc) is 2.98. The Balaban J connectivity index is 2.23. The lowest BCUT2D eigenvalue weighted by Gasteiger charge is -1.98. The quantitative estimate of drug-likeness (QED) is 0.762. The van der Waals surface area contributed by atoms with Gasteiger partial charge in [-0.1, -0.05) is 6.92 Å². The fourth-order valence-electron chi connectivity index (χ4n) is 1.91. The zero-order valence-electron chi connectivity index (χ0n) is 8.79. The zero-order valence-corrected chi connectivity index (χ0v) is 8.79. The smallest absolute Gasteiger partial charge is 0.198 e. The highest BCUT2D eigenvalue weighted by Gasteiger charge is 2.29. The average molecular weight is 202 g/mol. The molecule has 2 aromatic rings. The van der Waals surface area contributed by atoms with Crippen LogP contribution in [0.25, 0.3) is 11.1 Å². The molecule has 15 heavy (non-hydrogen) atoms. The predicted molar refractivity (Wildman–Crippen MR) is 59.8 cm³/mol. The molecule has 2 N–H and O–H groups in total. The van der Waals surface area contributed by atoms with Gasteiger partial charge in [0, 0.05) is 11.6 Å². The fraction of sp³-hybridized carbons (Fsp3) is 0.417. The topological polar surface area (TPSA) is 52.0 Å². The molecule has 3 heteroatoms. The van der Waals surface area contributed by atoms with Gasteiger partial charge in [-0.15, -0.1) is 0 Å². The van der Waals surface area contributed by atoms with Crippen molar-refractivity contribution in [3.63, 3.8) is 0 Å². The van der Waals surface area contributed by atoms with Gasteiger partial charge >= 0.3 is 0 Å². The second-order valence-corrected chi connectivity index (χ2v) is 4.21. The Bertz CT molecular complexity index is 512. The van der Waals surface area contributed by atoms with Crippen molar-refractivity contribution in [3.8, 4) is 0 Å². The minimum Gasteiger partial charge on any atom is -0.440 e. The third-order valence-electron chi connectivity index (χ3n) is 2.91. The van der Waals surface area contributed by atoms with E-state index < -0.39 is 0 Å². The third-order valence-corrected chi connectivity index (χ3v) is 2.91. The van der Waals surface area contributed by atoms with E-state index in [-0.39, 0.29) is 0 Å². The van der Waals surface area contributed by atoms with E-state index in [9.17, 15) is 0 Å². The maximum Gasteiger partial charge on any atom is 0.198 e. The zero-order chi connectivity index (χ0) is 10.4. The van der Waals surface area contributed by atoms with Crippen LogP contribution in [0.1, 0.15) is 37.1 Å². The number of nitrogens with two attached hydrogens (primary N) is 1. The van der Waals surface area contributed by atoms with Gasteiger partial charge in [-0.2, -0.15) is 0 Å². The molecule has 0 radical (unpaired) electrons. The van der Waals surface area contributed by atoms with Crippen LogP contribution in [0.3, 0.4) is 0 Å². The fourth-order valence-corrected chi connectivity index (χ4v) is 1.91. The van der Waals surface area contributed by atoms with Crippen LogP contribution in [0, 0.1) is 0 Å². The van der Waals surface area contributed by atoms with Gasteiger partial charge in [0.25, 0.3) is 0 Å². The molecule has 0 aliphatic heterocycles. The Kier molecular flexibility index (Phi) is 1.75. The molecular weight excluding hydrogens is 188 g/mol. The summed E-state index contributed by atoms with van der Waals surface area (Å²) in [5, 5.41) is 0. The molecule has 1 saturated carbocycles. The normalized spacial score (nSPS) is 16.1. The van der Waals surface area contributed by atoms with E-state index in [1.807, 2.05) is 12.1 Å². The second kappa shape index (κ2) is 2.99. The molecule has 0 bridgehead atoms. The molecule has 78 valence electrons. The highest BCUT2D eigenvalue weighted by atomic mass is 16.3. The molecule has 1 aromatic heterocycles. The molecule has 1 aliphatic rings. The van der Waals surface area contributed by atoms with Gasteiger partial charge in [-0.3, -0.25) is 0 Å². The van der Waals surface area contributed by atoms with Crippen molar-refractivity contribution >= 4 is 16.8 Å². The van der Waals surface area contributed by atoms with Gasteiger partial charge in [-0.25, -0.2) is 4.98 Å². The number of aromatic nitrogens is 1. The van der Waals surface area contributed by atoms with Gasteiger partial charge in [0.05, 0.1) is 0 Å². The summed E-state index contributed by atoms with van der Waals surface area (Å²) in [5.41, 5.74) is 9.59. The molecular formula is C12H14N2O. The van der Waals surface area contributed by atoms with Gasteiger partial charge in [-0.05, 0) is 37.0 Å². The number of anilines is 1. The Morgan fingerprint density at radius 3 is 2.93 bits per heavy atom. The highest BCUT2D eigenvalue weighted by molar-refractivity contribution is 5.80. The summed E-state index contributed by atoms with van der Waals surface area (Å²) in [5.74, 6) is 1.45. The van der Waals surface area contributed by atoms with Crippen molar-refractivity contribution < 1.29 is 4.42 Å². The summed E-state index contributed by atoms with van der Waals surface area (Å²) in [6, 6.07) is 3.87. The Morgan fingerprint density at radius 2 is 2.27 bits per heavy atom. The molecule has 1 fully saturated rings. The molecule has 1 aliphatic carbocycles. The van der Waals surface area contributed by atoms with E-state index >= 15 is 0 Å². The number of hydrogen-bond donors (Lipinski definition) is 1. The molecule has 3 rings (SSSR count). The van der Waals surface area contributed by atoms with Gasteiger partial charge in [0.15, 0.2) is 11.5 Å². The molecule has 1 heterocycles. The predicted octanol–water partition coefficient (Wildman–Crippen LogP) is 2.85. The number of rotatable bonds is 2. The number of oxazole rings is 1. The first kappa shape index (κ1) is 8.77. The van der Waals surface area contributed by atoms with Crippen molar-refractivity contribution in [2.75, 3.05) is 5.73 Å². The van der Waals surface area contributed by atoms with Crippen LogP contribution in [0.15, 0.2) is 16.5 Å². The summed E-state index contributed by atoms with van der Waals surface area (Å²) in [6.07, 6.45) is 3.36. The van der Waals surface area contributed by atoms with Crippen molar-refractivity contribution in [2.24, 2.45) is 0 Å². The van der Waals surface area contributed by atoms with Gasteiger partial charge in [0.1, 0.15) is 5.52 Å². The first-order chi connectivity index (χ1) is 7.28. The molecule has 0 unspecified atom stereocenters. The van der Waals surface area contributed by atoms with Crippen LogP contribution in [-0.4, -0.2) is 4.98 Å². The van der Waals surface area contributed by atoms with Gasteiger partial charge < -0.3 is 10.2 Å². The van der Waals surface area contributed by atoms with E-state index in [1.165, 1.54) is 12.8 Å². The van der Waals surface area contributed by atoms with Crippen molar-refractivity contribution in [1.82, 2.24) is 4.98 Å². The Labute approximate surface area is 88.3 Å². The molecule has 0 saturated heterocycles. The molecule has 0 spiro atoms. The first-order valence-corrected chi connectivity index (χ1v) is 5.46.